The molecule has 0 aliphatic carbocycles. The Hall–Kier alpha value is -1.91. The predicted octanol–water partition coefficient (Wildman–Crippen LogP) is 1.62. The molecule has 0 aromatic heterocycles. The lowest BCUT2D eigenvalue weighted by molar-refractivity contribution is -0.131. The Bertz CT molecular complexity index is 490. The first-order valence-electron chi connectivity index (χ1n) is 7.83. The van der Waals surface area contributed by atoms with Gasteiger partial charge in [-0.3, -0.25) is 9.69 Å². The second-order valence-corrected chi connectivity index (χ2v) is 5.41. The molecule has 1 fully saturated rings. The molecule has 118 valence electrons. The number of nitrogens with one attached hydrogen (secondary N) is 1. The van der Waals surface area contributed by atoms with Crippen molar-refractivity contribution in [3.8, 4) is 0 Å². The molecule has 1 amide bonds. The van der Waals surface area contributed by atoms with Crippen molar-refractivity contribution in [1.29, 1.82) is 0 Å². The van der Waals surface area contributed by atoms with E-state index in [9.17, 15) is 4.79 Å². The molecule has 0 spiro atoms. The predicted molar refractivity (Wildman–Crippen MR) is 91.6 cm³/mol. The standard InChI is InChI=1S/C18H25N3O/c1-2-10-19-16-18(22)21-14-12-20(13-15-21)11-6-9-17-7-4-3-5-8-17/h2-9,19H,1,10-16H2/b9-6+. The maximum Gasteiger partial charge on any atom is 0.236 e. The molecule has 22 heavy (non-hydrogen) atoms. The van der Waals surface area contributed by atoms with Crippen molar-refractivity contribution in [3.63, 3.8) is 0 Å². The molecule has 1 heterocycles. The van der Waals surface area contributed by atoms with E-state index in [1.54, 1.807) is 6.08 Å². The summed E-state index contributed by atoms with van der Waals surface area (Å²) in [4.78, 5) is 16.3. The summed E-state index contributed by atoms with van der Waals surface area (Å²) < 4.78 is 0. The van der Waals surface area contributed by atoms with Crippen molar-refractivity contribution < 1.29 is 4.79 Å². The fraction of sp³-hybridized carbons (Fsp3) is 0.389. The Morgan fingerprint density at radius 2 is 1.91 bits per heavy atom. The van der Waals surface area contributed by atoms with Gasteiger partial charge in [0.05, 0.1) is 6.54 Å². The Morgan fingerprint density at radius 3 is 2.59 bits per heavy atom. The molecule has 0 bridgehead atoms. The number of hydrogen-bond acceptors (Lipinski definition) is 3. The van der Waals surface area contributed by atoms with Crippen LogP contribution in [0.25, 0.3) is 6.08 Å². The summed E-state index contributed by atoms with van der Waals surface area (Å²) >= 11 is 0. The molecule has 0 saturated carbocycles. The van der Waals surface area contributed by atoms with Gasteiger partial charge in [0.2, 0.25) is 5.91 Å². The van der Waals surface area contributed by atoms with Crippen LogP contribution in [0.5, 0.6) is 0 Å². The topological polar surface area (TPSA) is 35.6 Å². The van der Waals surface area contributed by atoms with Crippen molar-refractivity contribution in [2.24, 2.45) is 0 Å². The maximum absolute atomic E-state index is 12.0. The molecule has 1 aliphatic rings. The van der Waals surface area contributed by atoms with Gasteiger partial charge in [0.25, 0.3) is 0 Å². The van der Waals surface area contributed by atoms with Gasteiger partial charge in [-0.1, -0.05) is 48.6 Å². The van der Waals surface area contributed by atoms with Crippen molar-refractivity contribution in [3.05, 3.63) is 54.6 Å². The highest BCUT2D eigenvalue weighted by molar-refractivity contribution is 5.78. The molecule has 1 aromatic carbocycles. The van der Waals surface area contributed by atoms with Gasteiger partial charge in [-0.25, -0.2) is 0 Å². The van der Waals surface area contributed by atoms with E-state index in [0.717, 1.165) is 32.7 Å². The van der Waals surface area contributed by atoms with Crippen molar-refractivity contribution >= 4 is 12.0 Å². The van der Waals surface area contributed by atoms with Gasteiger partial charge in [-0.05, 0) is 5.56 Å². The average Bonchev–Trinajstić information content (AvgIpc) is 2.56. The number of rotatable bonds is 7. The van der Waals surface area contributed by atoms with Gasteiger partial charge in [0, 0.05) is 39.3 Å². The van der Waals surface area contributed by atoms with E-state index < -0.39 is 0 Å². The SMILES string of the molecule is C=CCNCC(=O)N1CCN(C/C=C/c2ccccc2)CC1. The molecule has 0 radical (unpaired) electrons. The number of piperazine rings is 1. The first-order chi connectivity index (χ1) is 10.8. The summed E-state index contributed by atoms with van der Waals surface area (Å²) in [6, 6.07) is 10.3. The largest absolute Gasteiger partial charge is 0.339 e. The first kappa shape index (κ1) is 16.5. The van der Waals surface area contributed by atoms with E-state index >= 15 is 0 Å². The highest BCUT2D eigenvalue weighted by Crippen LogP contribution is 2.04. The Balaban J connectivity index is 1.67. The van der Waals surface area contributed by atoms with Crippen molar-refractivity contribution in [1.82, 2.24) is 15.1 Å². The fourth-order valence-corrected chi connectivity index (χ4v) is 2.47. The van der Waals surface area contributed by atoms with Crippen LogP contribution in [0, 0.1) is 0 Å². The van der Waals surface area contributed by atoms with Gasteiger partial charge in [0.1, 0.15) is 0 Å². The zero-order chi connectivity index (χ0) is 15.6. The van der Waals surface area contributed by atoms with Gasteiger partial charge >= 0.3 is 0 Å². The number of amides is 1. The molecule has 0 atom stereocenters. The number of hydrogen-bond donors (Lipinski definition) is 1. The summed E-state index contributed by atoms with van der Waals surface area (Å²) in [5, 5.41) is 3.06. The van der Waals surface area contributed by atoms with E-state index in [1.807, 2.05) is 23.1 Å². The number of nitrogens with zero attached hydrogens (tertiary/aromatic N) is 2. The van der Waals surface area contributed by atoms with Gasteiger partial charge in [-0.15, -0.1) is 6.58 Å². The monoisotopic (exact) mass is 299 g/mol. The van der Waals surface area contributed by atoms with Gasteiger partial charge in [-0.2, -0.15) is 0 Å². The minimum Gasteiger partial charge on any atom is -0.339 e. The summed E-state index contributed by atoms with van der Waals surface area (Å²) in [5.74, 6) is 0.182. The molecule has 1 aromatic rings. The third-order valence-corrected chi connectivity index (χ3v) is 3.76. The molecular weight excluding hydrogens is 274 g/mol. The van der Waals surface area contributed by atoms with Crippen LogP contribution in [-0.4, -0.2) is 61.5 Å². The molecule has 1 aliphatic heterocycles. The van der Waals surface area contributed by atoms with Crippen LogP contribution in [0.15, 0.2) is 49.1 Å². The van der Waals surface area contributed by atoms with Gasteiger partial charge < -0.3 is 10.2 Å². The van der Waals surface area contributed by atoms with E-state index in [2.05, 4.69) is 41.1 Å². The summed E-state index contributed by atoms with van der Waals surface area (Å²) in [7, 11) is 0. The zero-order valence-electron chi connectivity index (χ0n) is 13.1. The summed E-state index contributed by atoms with van der Waals surface area (Å²) in [6.45, 7) is 9.15. The molecule has 4 nitrogen and oxygen atoms in total. The van der Waals surface area contributed by atoms with Crippen LogP contribution < -0.4 is 5.32 Å². The minimum atomic E-state index is 0.182. The highest BCUT2D eigenvalue weighted by Gasteiger charge is 2.19. The Morgan fingerprint density at radius 1 is 1.18 bits per heavy atom. The third kappa shape index (κ3) is 5.47. The molecule has 2 rings (SSSR count). The minimum absolute atomic E-state index is 0.182. The molecule has 1 saturated heterocycles. The smallest absolute Gasteiger partial charge is 0.236 e. The van der Waals surface area contributed by atoms with E-state index in [1.165, 1.54) is 5.56 Å². The van der Waals surface area contributed by atoms with Crippen molar-refractivity contribution in [2.75, 3.05) is 45.8 Å². The summed E-state index contributed by atoms with van der Waals surface area (Å²) in [5.41, 5.74) is 1.23. The first-order valence-corrected chi connectivity index (χ1v) is 7.83. The number of carbonyl (C=O) groups is 1. The normalized spacial score (nSPS) is 16.1. The molecule has 0 unspecified atom stereocenters. The van der Waals surface area contributed by atoms with E-state index in [0.29, 0.717) is 13.1 Å². The highest BCUT2D eigenvalue weighted by atomic mass is 16.2. The maximum atomic E-state index is 12.0. The van der Waals surface area contributed by atoms with Crippen molar-refractivity contribution in [2.45, 2.75) is 0 Å². The lowest BCUT2D eigenvalue weighted by Crippen LogP contribution is -2.50. The Kier molecular flexibility index (Phi) is 6.87. The number of benzene rings is 1. The van der Waals surface area contributed by atoms with E-state index in [4.69, 9.17) is 0 Å². The van der Waals surface area contributed by atoms with Crippen LogP contribution >= 0.6 is 0 Å². The second kappa shape index (κ2) is 9.18. The quantitative estimate of drug-likeness (QED) is 0.614. The molecule has 4 heteroatoms. The number of carbonyl (C=O) groups excluding carboxylic acids is 1. The van der Waals surface area contributed by atoms with Crippen LogP contribution in [0.4, 0.5) is 0 Å². The van der Waals surface area contributed by atoms with Crippen LogP contribution in [-0.2, 0) is 4.79 Å². The van der Waals surface area contributed by atoms with E-state index in [-0.39, 0.29) is 5.91 Å². The second-order valence-electron chi connectivity index (χ2n) is 5.41. The molecule has 1 N–H and O–H groups in total. The lowest BCUT2D eigenvalue weighted by Gasteiger charge is -2.34. The van der Waals surface area contributed by atoms with Crippen LogP contribution in [0.2, 0.25) is 0 Å². The van der Waals surface area contributed by atoms with Gasteiger partial charge in [0.15, 0.2) is 0 Å². The average molecular weight is 299 g/mol. The van der Waals surface area contributed by atoms with Crippen LogP contribution in [0.3, 0.4) is 0 Å². The Labute approximate surface area is 133 Å². The third-order valence-electron chi connectivity index (χ3n) is 3.76. The molecular formula is C18H25N3O. The summed E-state index contributed by atoms with van der Waals surface area (Å²) in [6.07, 6.45) is 6.11. The fourth-order valence-electron chi connectivity index (χ4n) is 2.47. The van der Waals surface area contributed by atoms with Crippen LogP contribution in [0.1, 0.15) is 5.56 Å². The zero-order valence-corrected chi connectivity index (χ0v) is 13.1. The lowest BCUT2D eigenvalue weighted by atomic mass is 10.2.